The zero-order valence-corrected chi connectivity index (χ0v) is 23.4. The molecule has 3 heterocycles. The van der Waals surface area contributed by atoms with Crippen molar-refractivity contribution in [1.29, 1.82) is 0 Å². The molecule has 0 spiro atoms. The minimum Gasteiger partial charge on any atom is -0.495 e. The van der Waals surface area contributed by atoms with Crippen molar-refractivity contribution in [2.75, 3.05) is 23.0 Å². The Kier molecular flexibility index (Phi) is 7.12. The summed E-state index contributed by atoms with van der Waals surface area (Å²) >= 11 is 9.16. The third-order valence-corrected chi connectivity index (χ3v) is 7.53. The van der Waals surface area contributed by atoms with E-state index < -0.39 is 16.1 Å². The number of hydrogen-bond donors (Lipinski definition) is 2. The van der Waals surface area contributed by atoms with Gasteiger partial charge in [-0.15, -0.1) is 0 Å². The average molecular weight is 618 g/mol. The Balaban J connectivity index is 1.62. The van der Waals surface area contributed by atoms with Crippen molar-refractivity contribution in [3.63, 3.8) is 0 Å². The highest BCUT2D eigenvalue weighted by molar-refractivity contribution is 9.10. The number of pyridine rings is 1. The van der Waals surface area contributed by atoms with Crippen LogP contribution in [0.15, 0.2) is 81.8 Å². The van der Waals surface area contributed by atoms with Crippen LogP contribution in [0.4, 0.5) is 15.8 Å². The van der Waals surface area contributed by atoms with Crippen molar-refractivity contribution in [2.45, 2.75) is 12.1 Å². The maximum atomic E-state index is 13.7. The van der Waals surface area contributed by atoms with Crippen molar-refractivity contribution in [3.05, 3.63) is 94.7 Å². The summed E-state index contributed by atoms with van der Waals surface area (Å²) in [6.07, 6.45) is 2.77. The first kappa shape index (κ1) is 26.1. The molecule has 5 rings (SSSR count). The Bertz CT molecular complexity index is 1610. The van der Waals surface area contributed by atoms with Crippen LogP contribution in [0.2, 0.25) is 0 Å². The van der Waals surface area contributed by atoms with Crippen LogP contribution >= 0.6 is 28.1 Å². The van der Waals surface area contributed by atoms with E-state index in [2.05, 4.69) is 31.0 Å². The average Bonchev–Trinajstić information content (AvgIpc) is 3.48. The van der Waals surface area contributed by atoms with E-state index in [4.69, 9.17) is 21.4 Å². The maximum Gasteiger partial charge on any atom is 0.229 e. The summed E-state index contributed by atoms with van der Waals surface area (Å²) in [6.45, 7) is 0. The maximum absolute atomic E-state index is 13.7. The molecule has 8 nitrogen and oxygen atoms in total. The largest absolute Gasteiger partial charge is 0.495 e. The Hall–Kier alpha value is -3.48. The topological polar surface area (TPSA) is 96.7 Å². The van der Waals surface area contributed by atoms with E-state index in [9.17, 15) is 12.8 Å². The summed E-state index contributed by atoms with van der Waals surface area (Å²) in [5.74, 6) is 1.11. The van der Waals surface area contributed by atoms with Crippen LogP contribution in [-0.2, 0) is 10.0 Å². The number of nitrogens with one attached hydrogen (secondary N) is 2. The molecule has 2 aromatic heterocycles. The first-order valence-electron chi connectivity index (χ1n) is 11.4. The fourth-order valence-corrected chi connectivity index (χ4v) is 5.84. The van der Waals surface area contributed by atoms with Gasteiger partial charge in [-0.05, 0) is 88.8 Å². The Morgan fingerprint density at radius 3 is 2.66 bits per heavy atom. The lowest BCUT2D eigenvalue weighted by atomic mass is 10.0. The molecular formula is C26H22BrFN4O4S2. The van der Waals surface area contributed by atoms with E-state index in [1.165, 1.54) is 19.2 Å². The number of furan rings is 1. The fourth-order valence-electron chi connectivity index (χ4n) is 4.39. The lowest BCUT2D eigenvalue weighted by Crippen LogP contribution is -2.29. The minimum absolute atomic E-state index is 0.269. The number of sulfonamides is 1. The summed E-state index contributed by atoms with van der Waals surface area (Å²) in [7, 11) is -2.11. The smallest absolute Gasteiger partial charge is 0.229 e. The van der Waals surface area contributed by atoms with E-state index in [-0.39, 0.29) is 17.5 Å². The molecule has 38 heavy (non-hydrogen) atoms. The van der Waals surface area contributed by atoms with Gasteiger partial charge in [-0.25, -0.2) is 12.8 Å². The van der Waals surface area contributed by atoms with Crippen LogP contribution < -0.4 is 19.7 Å². The van der Waals surface area contributed by atoms with E-state index in [1.54, 1.807) is 30.5 Å². The first-order chi connectivity index (χ1) is 18.1. The minimum atomic E-state index is -3.57. The second-order valence-electron chi connectivity index (χ2n) is 8.58. The Morgan fingerprint density at radius 2 is 1.97 bits per heavy atom. The second kappa shape index (κ2) is 10.4. The van der Waals surface area contributed by atoms with Gasteiger partial charge in [-0.3, -0.25) is 9.71 Å². The summed E-state index contributed by atoms with van der Waals surface area (Å²) in [6, 6.07) is 17.9. The molecule has 2 N–H and O–H groups in total. The zero-order valence-electron chi connectivity index (χ0n) is 20.2. The number of methoxy groups -OCH3 is 1. The van der Waals surface area contributed by atoms with Gasteiger partial charge in [0.1, 0.15) is 29.1 Å². The van der Waals surface area contributed by atoms with Gasteiger partial charge in [0.15, 0.2) is 5.11 Å². The van der Waals surface area contributed by atoms with E-state index in [0.29, 0.717) is 38.1 Å². The molecule has 2 aromatic carbocycles. The van der Waals surface area contributed by atoms with Crippen molar-refractivity contribution in [2.24, 2.45) is 0 Å². The summed E-state index contributed by atoms with van der Waals surface area (Å²) in [4.78, 5) is 6.38. The third kappa shape index (κ3) is 5.24. The van der Waals surface area contributed by atoms with Crippen LogP contribution in [0, 0.1) is 5.82 Å². The van der Waals surface area contributed by atoms with Gasteiger partial charge in [-0.1, -0.05) is 6.07 Å². The third-order valence-electron chi connectivity index (χ3n) is 5.97. The van der Waals surface area contributed by atoms with Crippen LogP contribution in [0.1, 0.15) is 23.5 Å². The summed E-state index contributed by atoms with van der Waals surface area (Å²) in [5, 5.41) is 3.74. The van der Waals surface area contributed by atoms with E-state index in [0.717, 1.165) is 11.9 Å². The highest BCUT2D eigenvalue weighted by atomic mass is 79.9. The van der Waals surface area contributed by atoms with Gasteiger partial charge < -0.3 is 19.4 Å². The van der Waals surface area contributed by atoms with Crippen LogP contribution in [-0.4, -0.2) is 31.9 Å². The van der Waals surface area contributed by atoms with Crippen molar-refractivity contribution < 1.29 is 22.0 Å². The lowest BCUT2D eigenvalue weighted by Gasteiger charge is -2.27. The Morgan fingerprint density at radius 1 is 1.16 bits per heavy atom. The predicted octanol–water partition coefficient (Wildman–Crippen LogP) is 5.80. The summed E-state index contributed by atoms with van der Waals surface area (Å²) < 4.78 is 52.4. The van der Waals surface area contributed by atoms with Gasteiger partial charge >= 0.3 is 0 Å². The van der Waals surface area contributed by atoms with Gasteiger partial charge in [0.2, 0.25) is 10.0 Å². The van der Waals surface area contributed by atoms with Crippen molar-refractivity contribution in [3.8, 4) is 17.1 Å². The molecule has 0 amide bonds. The molecule has 196 valence electrons. The molecule has 1 aliphatic heterocycles. The summed E-state index contributed by atoms with van der Waals surface area (Å²) in [5.41, 5.74) is 2.31. The molecule has 1 fully saturated rings. The molecule has 0 saturated carbocycles. The molecular weight excluding hydrogens is 595 g/mol. The number of rotatable bonds is 7. The molecule has 12 heteroatoms. The van der Waals surface area contributed by atoms with Gasteiger partial charge in [-0.2, -0.15) is 0 Å². The number of hydrogen-bond acceptors (Lipinski definition) is 6. The highest BCUT2D eigenvalue weighted by Crippen LogP contribution is 2.44. The lowest BCUT2D eigenvalue weighted by molar-refractivity contribution is 0.416. The normalized spacial score (nSPS) is 17.4. The Labute approximate surface area is 233 Å². The van der Waals surface area contributed by atoms with Gasteiger partial charge in [0.05, 0.1) is 30.8 Å². The molecule has 1 aliphatic rings. The standard InChI is InChI=1S/C26H22BrFN4O4S2/c1-35-22-9-7-16(14-20(22)31-38(2,33)34)32-25(24(30-26(32)37)19-5-3-4-12-29-19)23-11-10-21(36-23)17-8-6-15(28)13-18(17)27/h3-14,24-25,31H,1-2H3,(H,30,37). The zero-order chi connectivity index (χ0) is 27.0. The van der Waals surface area contributed by atoms with Crippen LogP contribution in [0.5, 0.6) is 5.75 Å². The number of aromatic nitrogens is 1. The molecule has 0 bridgehead atoms. The molecule has 0 aliphatic carbocycles. The highest BCUT2D eigenvalue weighted by Gasteiger charge is 2.43. The van der Waals surface area contributed by atoms with E-state index >= 15 is 0 Å². The number of halogens is 2. The monoisotopic (exact) mass is 616 g/mol. The number of anilines is 2. The SMILES string of the molecule is COc1ccc(N2C(=S)NC(c3ccccn3)C2c2ccc(-c3ccc(F)cc3Br)o2)cc1NS(C)(=O)=O. The molecule has 2 unspecified atom stereocenters. The number of nitrogens with zero attached hydrogens (tertiary/aromatic N) is 2. The van der Waals surface area contributed by atoms with E-state index in [1.807, 2.05) is 35.2 Å². The molecule has 4 aromatic rings. The predicted molar refractivity (Wildman–Crippen MR) is 151 cm³/mol. The van der Waals surface area contributed by atoms with Gasteiger partial charge in [0.25, 0.3) is 0 Å². The molecule has 2 atom stereocenters. The molecule has 0 radical (unpaired) electrons. The number of benzene rings is 2. The van der Waals surface area contributed by atoms with Crippen LogP contribution in [0.3, 0.4) is 0 Å². The quantitative estimate of drug-likeness (QED) is 0.251. The van der Waals surface area contributed by atoms with Crippen LogP contribution in [0.25, 0.3) is 11.3 Å². The second-order valence-corrected chi connectivity index (χ2v) is 11.6. The molecule has 1 saturated heterocycles. The first-order valence-corrected chi connectivity index (χ1v) is 14.5. The fraction of sp³-hybridized carbons (Fsp3) is 0.154. The van der Waals surface area contributed by atoms with Crippen molar-refractivity contribution >= 4 is 54.7 Å². The van der Waals surface area contributed by atoms with Crippen molar-refractivity contribution in [1.82, 2.24) is 10.3 Å². The number of thiocarbonyl (C=S) groups is 1. The number of ether oxygens (including phenoxy) is 1. The van der Waals surface area contributed by atoms with Gasteiger partial charge in [0, 0.05) is 21.9 Å².